The second kappa shape index (κ2) is 10.6. The van der Waals surface area contributed by atoms with E-state index in [0.717, 1.165) is 5.56 Å². The molecule has 0 spiro atoms. The van der Waals surface area contributed by atoms with Crippen LogP contribution in [0, 0.1) is 6.92 Å². The molecule has 3 aromatic carbocycles. The lowest BCUT2D eigenvalue weighted by Gasteiger charge is -2.32. The Morgan fingerprint density at radius 1 is 0.971 bits per heavy atom. The number of methoxy groups -OCH3 is 1. The standard InChI is InChI=1S/C26H29N3O5S/c1-18-7-3-4-8-20(18)26(31)27-23-11-12-24(22-10-6-5-9-21(22)23)35(32,33)28-19-13-15-29(16-14-19)25(30)17-34-2/h3-12,19,28H,13-17H2,1-2H3,(H,27,31). The number of carbonyl (C=O) groups excluding carboxylic acids is 2. The van der Waals surface area contributed by atoms with Gasteiger partial charge < -0.3 is 15.0 Å². The number of hydrogen-bond acceptors (Lipinski definition) is 5. The van der Waals surface area contributed by atoms with Crippen LogP contribution in [0.1, 0.15) is 28.8 Å². The van der Waals surface area contributed by atoms with E-state index in [-0.39, 0.29) is 29.4 Å². The fourth-order valence-electron chi connectivity index (χ4n) is 4.38. The van der Waals surface area contributed by atoms with E-state index in [1.807, 2.05) is 25.1 Å². The average Bonchev–Trinajstić information content (AvgIpc) is 2.84. The minimum atomic E-state index is -3.83. The quantitative estimate of drug-likeness (QED) is 0.523. The molecule has 3 aromatic rings. The Hall–Kier alpha value is -3.27. The molecule has 184 valence electrons. The lowest BCUT2D eigenvalue weighted by atomic mass is 10.1. The Balaban J connectivity index is 1.55. The number of piperidine rings is 1. The zero-order chi connectivity index (χ0) is 25.0. The van der Waals surface area contributed by atoms with Crippen LogP contribution >= 0.6 is 0 Å². The van der Waals surface area contributed by atoms with Gasteiger partial charge in [0.15, 0.2) is 0 Å². The number of rotatable bonds is 7. The summed E-state index contributed by atoms with van der Waals surface area (Å²) in [5, 5.41) is 4.09. The zero-order valence-electron chi connectivity index (χ0n) is 19.8. The summed E-state index contributed by atoms with van der Waals surface area (Å²) in [6.45, 7) is 2.83. The minimum Gasteiger partial charge on any atom is -0.375 e. The molecule has 35 heavy (non-hydrogen) atoms. The highest BCUT2D eigenvalue weighted by Crippen LogP contribution is 2.30. The first-order chi connectivity index (χ1) is 16.8. The van der Waals surface area contributed by atoms with E-state index in [9.17, 15) is 18.0 Å². The Morgan fingerprint density at radius 2 is 1.63 bits per heavy atom. The summed E-state index contributed by atoms with van der Waals surface area (Å²) in [6, 6.07) is 17.3. The van der Waals surface area contributed by atoms with Crippen LogP contribution in [0.3, 0.4) is 0 Å². The Kier molecular flexibility index (Phi) is 7.49. The zero-order valence-corrected chi connectivity index (χ0v) is 20.6. The Morgan fingerprint density at radius 3 is 2.31 bits per heavy atom. The largest absolute Gasteiger partial charge is 0.375 e. The topological polar surface area (TPSA) is 105 Å². The highest BCUT2D eigenvalue weighted by atomic mass is 32.2. The molecular formula is C26H29N3O5S. The molecule has 1 aliphatic rings. The van der Waals surface area contributed by atoms with E-state index in [4.69, 9.17) is 4.74 Å². The van der Waals surface area contributed by atoms with E-state index in [2.05, 4.69) is 10.0 Å². The first-order valence-electron chi connectivity index (χ1n) is 11.5. The molecule has 0 bridgehead atoms. The van der Waals surface area contributed by atoms with Gasteiger partial charge >= 0.3 is 0 Å². The normalized spacial score (nSPS) is 14.7. The van der Waals surface area contributed by atoms with Gasteiger partial charge in [0.2, 0.25) is 15.9 Å². The van der Waals surface area contributed by atoms with Gasteiger partial charge in [-0.2, -0.15) is 0 Å². The average molecular weight is 496 g/mol. The smallest absolute Gasteiger partial charge is 0.255 e. The second-order valence-electron chi connectivity index (χ2n) is 8.64. The maximum atomic E-state index is 13.3. The number of nitrogens with one attached hydrogen (secondary N) is 2. The monoisotopic (exact) mass is 495 g/mol. The highest BCUT2D eigenvalue weighted by molar-refractivity contribution is 7.89. The van der Waals surface area contributed by atoms with Crippen molar-refractivity contribution < 1.29 is 22.7 Å². The van der Waals surface area contributed by atoms with Crippen molar-refractivity contribution in [3.63, 3.8) is 0 Å². The van der Waals surface area contributed by atoms with E-state index >= 15 is 0 Å². The van der Waals surface area contributed by atoms with Gasteiger partial charge in [0, 0.05) is 48.3 Å². The van der Waals surface area contributed by atoms with Crippen LogP contribution in [0.4, 0.5) is 5.69 Å². The van der Waals surface area contributed by atoms with E-state index in [1.54, 1.807) is 41.3 Å². The summed E-state index contributed by atoms with van der Waals surface area (Å²) < 4.78 is 34.4. The number of benzene rings is 3. The number of fused-ring (bicyclic) bond motifs is 1. The number of hydrogen-bond donors (Lipinski definition) is 2. The summed E-state index contributed by atoms with van der Waals surface area (Å²) >= 11 is 0. The lowest BCUT2D eigenvalue weighted by Crippen LogP contribution is -2.47. The van der Waals surface area contributed by atoms with E-state index in [1.165, 1.54) is 13.2 Å². The molecule has 9 heteroatoms. The third-order valence-corrected chi connectivity index (χ3v) is 7.83. The fraction of sp³-hybridized carbons (Fsp3) is 0.308. The fourth-order valence-corrected chi connectivity index (χ4v) is 5.89. The molecule has 2 N–H and O–H groups in total. The molecule has 1 fully saturated rings. The first kappa shape index (κ1) is 24.8. The number of carbonyl (C=O) groups is 2. The van der Waals surface area contributed by atoms with Gasteiger partial charge in [0.1, 0.15) is 6.61 Å². The number of aryl methyl sites for hydroxylation is 1. The van der Waals surface area contributed by atoms with Crippen molar-refractivity contribution in [2.45, 2.75) is 30.7 Å². The van der Waals surface area contributed by atoms with Crippen molar-refractivity contribution in [1.29, 1.82) is 0 Å². The number of nitrogens with zero attached hydrogens (tertiary/aromatic N) is 1. The molecule has 0 saturated carbocycles. The maximum Gasteiger partial charge on any atom is 0.255 e. The minimum absolute atomic E-state index is 0.0229. The maximum absolute atomic E-state index is 13.3. The number of likely N-dealkylation sites (tertiary alicyclic amines) is 1. The molecule has 1 saturated heterocycles. The summed E-state index contributed by atoms with van der Waals surface area (Å²) in [5.74, 6) is -0.347. The summed E-state index contributed by atoms with van der Waals surface area (Å²) in [6.07, 6.45) is 1.05. The number of amides is 2. The van der Waals surface area contributed by atoms with Crippen LogP contribution < -0.4 is 10.0 Å². The van der Waals surface area contributed by atoms with Crippen molar-refractivity contribution in [3.05, 3.63) is 71.8 Å². The van der Waals surface area contributed by atoms with Crippen LogP contribution in [0.2, 0.25) is 0 Å². The van der Waals surface area contributed by atoms with Gasteiger partial charge in [-0.1, -0.05) is 42.5 Å². The molecule has 0 atom stereocenters. The Bertz CT molecular complexity index is 1350. The number of ether oxygens (including phenoxy) is 1. The predicted octanol–water partition coefficient (Wildman–Crippen LogP) is 3.32. The van der Waals surface area contributed by atoms with Crippen LogP contribution in [-0.4, -0.2) is 58.0 Å². The molecule has 1 aliphatic heterocycles. The summed E-state index contributed by atoms with van der Waals surface area (Å²) in [5.41, 5.74) is 1.95. The third-order valence-electron chi connectivity index (χ3n) is 6.25. The first-order valence-corrected chi connectivity index (χ1v) is 13.0. The number of anilines is 1. The second-order valence-corrected chi connectivity index (χ2v) is 10.3. The lowest BCUT2D eigenvalue weighted by molar-refractivity contribution is -0.136. The SMILES string of the molecule is COCC(=O)N1CCC(NS(=O)(=O)c2ccc(NC(=O)c3ccccc3C)c3ccccc23)CC1. The highest BCUT2D eigenvalue weighted by Gasteiger charge is 2.28. The van der Waals surface area contributed by atoms with Gasteiger partial charge in [-0.3, -0.25) is 9.59 Å². The molecule has 8 nitrogen and oxygen atoms in total. The molecule has 4 rings (SSSR count). The molecule has 0 aromatic heterocycles. The Labute approximate surface area is 205 Å². The van der Waals surface area contributed by atoms with E-state index < -0.39 is 10.0 Å². The van der Waals surface area contributed by atoms with Crippen LogP contribution in [0.25, 0.3) is 10.8 Å². The van der Waals surface area contributed by atoms with Crippen molar-refractivity contribution in [2.24, 2.45) is 0 Å². The van der Waals surface area contributed by atoms with Gasteiger partial charge in [-0.05, 0) is 43.5 Å². The van der Waals surface area contributed by atoms with Crippen LogP contribution in [-0.2, 0) is 19.6 Å². The van der Waals surface area contributed by atoms with Crippen molar-refractivity contribution in [2.75, 3.05) is 32.1 Å². The van der Waals surface area contributed by atoms with Gasteiger partial charge in [-0.15, -0.1) is 0 Å². The van der Waals surface area contributed by atoms with Crippen molar-refractivity contribution in [1.82, 2.24) is 9.62 Å². The van der Waals surface area contributed by atoms with Crippen molar-refractivity contribution in [3.8, 4) is 0 Å². The van der Waals surface area contributed by atoms with Crippen LogP contribution in [0.15, 0.2) is 65.6 Å². The third kappa shape index (κ3) is 5.53. The number of sulfonamides is 1. The molecule has 0 unspecified atom stereocenters. The van der Waals surface area contributed by atoms with Gasteiger partial charge in [0.05, 0.1) is 4.90 Å². The van der Waals surface area contributed by atoms with E-state index in [0.29, 0.717) is 48.0 Å². The molecule has 2 amide bonds. The van der Waals surface area contributed by atoms with Gasteiger partial charge in [0.25, 0.3) is 5.91 Å². The molecule has 0 aliphatic carbocycles. The molecular weight excluding hydrogens is 466 g/mol. The van der Waals surface area contributed by atoms with Crippen molar-refractivity contribution >= 4 is 38.3 Å². The van der Waals surface area contributed by atoms with Gasteiger partial charge in [-0.25, -0.2) is 13.1 Å². The van der Waals surface area contributed by atoms with Crippen LogP contribution in [0.5, 0.6) is 0 Å². The molecule has 0 radical (unpaired) electrons. The molecule has 1 heterocycles. The predicted molar refractivity (Wildman–Crippen MR) is 135 cm³/mol. The summed E-state index contributed by atoms with van der Waals surface area (Å²) in [7, 11) is -2.35. The summed E-state index contributed by atoms with van der Waals surface area (Å²) in [4.78, 5) is 26.7.